The second-order valence-electron chi connectivity index (χ2n) is 4.66. The molecule has 2 rings (SSSR count). The quantitative estimate of drug-likeness (QED) is 0.467. The molecule has 0 amide bonds. The predicted molar refractivity (Wildman–Crippen MR) is 75.0 cm³/mol. The number of allylic oxidation sites excluding steroid dienone is 4. The molecular weight excluding hydrogens is 212 g/mol. The highest BCUT2D eigenvalue weighted by molar-refractivity contribution is 8.17. The molecule has 1 heteroatoms. The number of rotatable bonds is 1. The van der Waals surface area contributed by atoms with E-state index < -0.39 is 0 Å². The third-order valence-corrected chi connectivity index (χ3v) is 5.42. The molecule has 0 fully saturated rings. The molecule has 0 radical (unpaired) electrons. The maximum atomic E-state index is 3.19. The molecule has 0 bridgehead atoms. The zero-order chi connectivity index (χ0) is 11.4. The van der Waals surface area contributed by atoms with Gasteiger partial charge in [-0.15, -0.1) is 0 Å². The first kappa shape index (κ1) is 11.7. The van der Waals surface area contributed by atoms with E-state index >= 15 is 0 Å². The van der Waals surface area contributed by atoms with E-state index in [9.17, 15) is 0 Å². The van der Waals surface area contributed by atoms with Crippen molar-refractivity contribution in [1.29, 1.82) is 0 Å². The summed E-state index contributed by atoms with van der Waals surface area (Å²) in [6.07, 6.45) is 14.1. The van der Waals surface area contributed by atoms with Crippen LogP contribution in [0.4, 0.5) is 0 Å². The normalized spacial score (nSPS) is 33.9. The summed E-state index contributed by atoms with van der Waals surface area (Å²) in [4.78, 5) is 1.56. The molecular formula is C15H20S. The fraction of sp³-hybridized carbons (Fsp3) is 0.533. The van der Waals surface area contributed by atoms with Crippen molar-refractivity contribution in [2.45, 2.75) is 32.6 Å². The Morgan fingerprint density at radius 3 is 3.00 bits per heavy atom. The van der Waals surface area contributed by atoms with E-state index in [1.165, 1.54) is 19.3 Å². The molecule has 0 N–H and O–H groups in total. The van der Waals surface area contributed by atoms with E-state index in [-0.39, 0.29) is 0 Å². The van der Waals surface area contributed by atoms with Gasteiger partial charge >= 0.3 is 0 Å². The third-order valence-electron chi connectivity index (χ3n) is 3.48. The molecule has 86 valence electrons. The molecule has 2 aliphatic rings. The van der Waals surface area contributed by atoms with Gasteiger partial charge in [-0.2, -0.15) is 10.5 Å². The van der Waals surface area contributed by atoms with Crippen molar-refractivity contribution in [3.05, 3.63) is 34.6 Å². The zero-order valence-corrected chi connectivity index (χ0v) is 11.0. The van der Waals surface area contributed by atoms with Gasteiger partial charge in [0.25, 0.3) is 0 Å². The SMILES string of the molecule is CC1=CCC(C2C=C=C=CCCC2)C=S1C. The van der Waals surface area contributed by atoms with Crippen LogP contribution in [-0.2, 0) is 0 Å². The van der Waals surface area contributed by atoms with Crippen molar-refractivity contribution in [2.24, 2.45) is 11.8 Å². The van der Waals surface area contributed by atoms with E-state index in [4.69, 9.17) is 0 Å². The predicted octanol–water partition coefficient (Wildman–Crippen LogP) is 4.28. The lowest BCUT2D eigenvalue weighted by Crippen LogP contribution is -2.16. The van der Waals surface area contributed by atoms with E-state index in [2.05, 4.69) is 48.2 Å². The first-order chi connectivity index (χ1) is 7.77. The molecule has 0 aromatic rings. The van der Waals surface area contributed by atoms with Gasteiger partial charge in [0, 0.05) is 0 Å². The van der Waals surface area contributed by atoms with Crippen LogP contribution in [0.15, 0.2) is 34.6 Å². The van der Waals surface area contributed by atoms with E-state index in [0.717, 1.165) is 12.3 Å². The minimum Gasteiger partial charge on any atom is -0.166 e. The van der Waals surface area contributed by atoms with Gasteiger partial charge in [-0.3, -0.25) is 0 Å². The lowest BCUT2D eigenvalue weighted by Gasteiger charge is -2.25. The van der Waals surface area contributed by atoms with E-state index in [1.807, 2.05) is 0 Å². The molecule has 3 atom stereocenters. The Hall–Kier alpha value is -0.740. The molecule has 1 aliphatic carbocycles. The standard InChI is InChI=1S/C15H20S/c1-13-10-11-15(12-16(13)2)14-8-6-4-3-5-7-9-14/h3,9-10,12,14-15H,4,6,8,11H2,1-2H3. The molecule has 16 heavy (non-hydrogen) atoms. The minimum absolute atomic E-state index is 0.383. The number of hydrogen-bond acceptors (Lipinski definition) is 0. The van der Waals surface area contributed by atoms with Crippen LogP contribution < -0.4 is 0 Å². The molecule has 1 heterocycles. The summed E-state index contributed by atoms with van der Waals surface area (Å²) in [5.74, 6) is 1.41. The summed E-state index contributed by atoms with van der Waals surface area (Å²) in [5.41, 5.74) is 6.31. The van der Waals surface area contributed by atoms with Crippen molar-refractivity contribution in [1.82, 2.24) is 0 Å². The Morgan fingerprint density at radius 2 is 2.19 bits per heavy atom. The molecule has 0 spiro atoms. The first-order valence-corrected chi connectivity index (χ1v) is 7.79. The van der Waals surface area contributed by atoms with Crippen LogP contribution in [0.3, 0.4) is 0 Å². The summed E-state index contributed by atoms with van der Waals surface area (Å²) >= 11 is 0. The zero-order valence-electron chi connectivity index (χ0n) is 10.2. The molecule has 0 aromatic carbocycles. The largest absolute Gasteiger partial charge is 0.166 e. The lowest BCUT2D eigenvalue weighted by molar-refractivity contribution is 0.467. The van der Waals surface area contributed by atoms with Crippen LogP contribution in [0.5, 0.6) is 0 Å². The monoisotopic (exact) mass is 232 g/mol. The number of hydrogen-bond donors (Lipinski definition) is 0. The molecule has 0 saturated heterocycles. The maximum Gasteiger partial charge on any atom is -0.00713 e. The van der Waals surface area contributed by atoms with Gasteiger partial charge in [0.15, 0.2) is 0 Å². The van der Waals surface area contributed by atoms with Gasteiger partial charge in [-0.1, -0.05) is 22.9 Å². The van der Waals surface area contributed by atoms with Gasteiger partial charge in [0.2, 0.25) is 0 Å². The Kier molecular flexibility index (Phi) is 4.07. The van der Waals surface area contributed by atoms with Crippen molar-refractivity contribution in [2.75, 3.05) is 6.26 Å². The van der Waals surface area contributed by atoms with Crippen LogP contribution in [0.2, 0.25) is 0 Å². The Morgan fingerprint density at radius 1 is 1.31 bits per heavy atom. The lowest BCUT2D eigenvalue weighted by atomic mass is 9.86. The van der Waals surface area contributed by atoms with Crippen molar-refractivity contribution in [3.63, 3.8) is 0 Å². The highest BCUT2D eigenvalue weighted by atomic mass is 32.2. The highest BCUT2D eigenvalue weighted by Crippen LogP contribution is 2.33. The fourth-order valence-electron chi connectivity index (χ4n) is 2.30. The smallest absolute Gasteiger partial charge is 0.00713 e. The van der Waals surface area contributed by atoms with Crippen LogP contribution in [0.25, 0.3) is 0 Å². The molecule has 0 saturated carbocycles. The molecule has 1 aliphatic heterocycles. The molecule has 0 nitrogen and oxygen atoms in total. The van der Waals surface area contributed by atoms with Gasteiger partial charge < -0.3 is 0 Å². The second kappa shape index (κ2) is 5.55. The average Bonchev–Trinajstić information content (AvgIpc) is 2.22. The summed E-state index contributed by atoms with van der Waals surface area (Å²) in [6, 6.07) is 0. The minimum atomic E-state index is 0.383. The maximum absolute atomic E-state index is 3.19. The summed E-state index contributed by atoms with van der Waals surface area (Å²) in [7, 11) is 0.383. The summed E-state index contributed by atoms with van der Waals surface area (Å²) in [5, 5.41) is 2.56. The Labute approximate surface area is 101 Å². The Balaban J connectivity index is 2.14. The van der Waals surface area contributed by atoms with Crippen molar-refractivity contribution < 1.29 is 0 Å². The summed E-state index contributed by atoms with van der Waals surface area (Å²) < 4.78 is 0. The Bertz CT molecular complexity index is 413. The third kappa shape index (κ3) is 2.89. The van der Waals surface area contributed by atoms with Gasteiger partial charge in [-0.05, 0) is 67.8 Å². The van der Waals surface area contributed by atoms with Crippen LogP contribution in [0.1, 0.15) is 32.6 Å². The van der Waals surface area contributed by atoms with Crippen LogP contribution >= 0.6 is 10.5 Å². The topological polar surface area (TPSA) is 0 Å². The van der Waals surface area contributed by atoms with Crippen molar-refractivity contribution >= 4 is 15.9 Å². The van der Waals surface area contributed by atoms with Gasteiger partial charge in [-0.25, -0.2) is 0 Å². The van der Waals surface area contributed by atoms with Crippen LogP contribution in [0, 0.1) is 11.8 Å². The van der Waals surface area contributed by atoms with Crippen LogP contribution in [-0.4, -0.2) is 11.6 Å². The average molecular weight is 232 g/mol. The molecule has 0 aromatic heterocycles. The first-order valence-electron chi connectivity index (χ1n) is 6.10. The van der Waals surface area contributed by atoms with Crippen molar-refractivity contribution in [3.8, 4) is 0 Å². The fourth-order valence-corrected chi connectivity index (χ4v) is 3.71. The van der Waals surface area contributed by atoms with Gasteiger partial charge in [0.1, 0.15) is 0 Å². The van der Waals surface area contributed by atoms with E-state index in [1.54, 1.807) is 4.91 Å². The van der Waals surface area contributed by atoms with Gasteiger partial charge in [0.05, 0.1) is 0 Å². The molecule has 3 unspecified atom stereocenters. The summed E-state index contributed by atoms with van der Waals surface area (Å²) in [6.45, 7) is 2.26. The second-order valence-corrected chi connectivity index (χ2v) is 6.69. The van der Waals surface area contributed by atoms with E-state index in [0.29, 0.717) is 16.4 Å². The highest BCUT2D eigenvalue weighted by Gasteiger charge is 2.19.